The van der Waals surface area contributed by atoms with Gasteiger partial charge in [-0.1, -0.05) is 0 Å². The van der Waals surface area contributed by atoms with Crippen LogP contribution in [0.5, 0.6) is 11.5 Å². The molecule has 1 fully saturated rings. The number of carbonyl (C=O) groups excluding carboxylic acids is 1. The van der Waals surface area contributed by atoms with Gasteiger partial charge in [0, 0.05) is 31.3 Å². The lowest BCUT2D eigenvalue weighted by Crippen LogP contribution is -2.33. The second-order valence-corrected chi connectivity index (χ2v) is 6.60. The van der Waals surface area contributed by atoms with Gasteiger partial charge in [0.1, 0.15) is 11.5 Å². The minimum atomic E-state index is -0.143. The third kappa shape index (κ3) is 4.42. The summed E-state index contributed by atoms with van der Waals surface area (Å²) in [6.45, 7) is 6.44. The average molecular weight is 372 g/mol. The van der Waals surface area contributed by atoms with Crippen molar-refractivity contribution >= 4 is 5.91 Å². The van der Waals surface area contributed by atoms with Gasteiger partial charge in [0.05, 0.1) is 19.9 Å². The molecule has 1 saturated heterocycles. The van der Waals surface area contributed by atoms with Crippen LogP contribution in [0.4, 0.5) is 0 Å². The molecule has 0 radical (unpaired) electrons. The SMILES string of the molecule is CCn1nc(C(=O)NCCN2CCCC2)cc1-c1ccc(OC)cc1OC. The Balaban J connectivity index is 1.75. The summed E-state index contributed by atoms with van der Waals surface area (Å²) in [6, 6.07) is 7.45. The first-order valence-electron chi connectivity index (χ1n) is 9.47. The van der Waals surface area contributed by atoms with Crippen LogP contribution in [0.2, 0.25) is 0 Å². The van der Waals surface area contributed by atoms with E-state index in [9.17, 15) is 4.79 Å². The minimum absolute atomic E-state index is 0.143. The zero-order valence-electron chi connectivity index (χ0n) is 16.3. The standard InChI is InChI=1S/C20H28N4O3/c1-4-24-18(16-8-7-15(26-2)13-19(16)27-3)14-17(22-24)20(25)21-9-12-23-10-5-6-11-23/h7-8,13-14H,4-6,9-12H2,1-3H3,(H,21,25). The molecule has 1 N–H and O–H groups in total. The van der Waals surface area contributed by atoms with Crippen LogP contribution in [0, 0.1) is 0 Å². The molecular formula is C20H28N4O3. The summed E-state index contributed by atoms with van der Waals surface area (Å²) in [5, 5.41) is 7.46. The molecule has 0 atom stereocenters. The summed E-state index contributed by atoms with van der Waals surface area (Å²) in [6.07, 6.45) is 2.50. The van der Waals surface area contributed by atoms with Gasteiger partial charge in [0.15, 0.2) is 5.69 Å². The molecule has 1 aromatic heterocycles. The van der Waals surface area contributed by atoms with Crippen LogP contribution in [0.15, 0.2) is 24.3 Å². The van der Waals surface area contributed by atoms with Gasteiger partial charge in [-0.25, -0.2) is 0 Å². The minimum Gasteiger partial charge on any atom is -0.497 e. The summed E-state index contributed by atoms with van der Waals surface area (Å²) in [4.78, 5) is 14.9. The summed E-state index contributed by atoms with van der Waals surface area (Å²) in [7, 11) is 3.24. The van der Waals surface area contributed by atoms with E-state index < -0.39 is 0 Å². The van der Waals surface area contributed by atoms with Crippen LogP contribution >= 0.6 is 0 Å². The Hall–Kier alpha value is -2.54. The molecule has 0 aliphatic carbocycles. The van der Waals surface area contributed by atoms with Gasteiger partial charge in [-0.15, -0.1) is 0 Å². The Bertz CT molecular complexity index is 782. The van der Waals surface area contributed by atoms with Crippen molar-refractivity contribution in [1.82, 2.24) is 20.0 Å². The second-order valence-electron chi connectivity index (χ2n) is 6.60. The van der Waals surface area contributed by atoms with Crippen molar-refractivity contribution in [3.05, 3.63) is 30.0 Å². The van der Waals surface area contributed by atoms with E-state index in [1.807, 2.05) is 35.9 Å². The quantitative estimate of drug-likeness (QED) is 0.771. The summed E-state index contributed by atoms with van der Waals surface area (Å²) in [5.74, 6) is 1.26. The van der Waals surface area contributed by atoms with E-state index in [1.54, 1.807) is 14.2 Å². The molecule has 1 aromatic carbocycles. The number of hydrogen-bond acceptors (Lipinski definition) is 5. The molecule has 1 aliphatic heterocycles. The van der Waals surface area contributed by atoms with Gasteiger partial charge >= 0.3 is 0 Å². The van der Waals surface area contributed by atoms with Crippen molar-refractivity contribution in [2.24, 2.45) is 0 Å². The number of methoxy groups -OCH3 is 2. The lowest BCUT2D eigenvalue weighted by atomic mass is 10.1. The number of hydrogen-bond donors (Lipinski definition) is 1. The Morgan fingerprint density at radius 1 is 1.19 bits per heavy atom. The summed E-state index contributed by atoms with van der Waals surface area (Å²) in [5.41, 5.74) is 2.15. The maximum atomic E-state index is 12.5. The highest BCUT2D eigenvalue weighted by atomic mass is 16.5. The first-order valence-corrected chi connectivity index (χ1v) is 9.47. The molecule has 146 valence electrons. The number of likely N-dealkylation sites (tertiary alicyclic amines) is 1. The fourth-order valence-corrected chi connectivity index (χ4v) is 3.42. The molecule has 1 aliphatic rings. The summed E-state index contributed by atoms with van der Waals surface area (Å²) < 4.78 is 12.6. The lowest BCUT2D eigenvalue weighted by molar-refractivity contribution is 0.0944. The monoisotopic (exact) mass is 372 g/mol. The maximum absolute atomic E-state index is 12.5. The van der Waals surface area contributed by atoms with E-state index in [-0.39, 0.29) is 5.91 Å². The van der Waals surface area contributed by atoms with E-state index in [2.05, 4.69) is 15.3 Å². The van der Waals surface area contributed by atoms with E-state index in [1.165, 1.54) is 12.8 Å². The molecular weight excluding hydrogens is 344 g/mol. The fourth-order valence-electron chi connectivity index (χ4n) is 3.42. The Morgan fingerprint density at radius 3 is 2.63 bits per heavy atom. The number of carbonyl (C=O) groups is 1. The number of aromatic nitrogens is 2. The van der Waals surface area contributed by atoms with Crippen LogP contribution < -0.4 is 14.8 Å². The highest BCUT2D eigenvalue weighted by Gasteiger charge is 2.18. The third-order valence-electron chi connectivity index (χ3n) is 4.91. The first kappa shape index (κ1) is 19.2. The zero-order valence-corrected chi connectivity index (χ0v) is 16.3. The van der Waals surface area contributed by atoms with Gasteiger partial charge in [-0.3, -0.25) is 9.48 Å². The molecule has 1 amide bonds. The number of aryl methyl sites for hydroxylation is 1. The third-order valence-corrected chi connectivity index (χ3v) is 4.91. The van der Waals surface area contributed by atoms with Gasteiger partial charge < -0.3 is 19.7 Å². The molecule has 7 heteroatoms. The average Bonchev–Trinajstić information content (AvgIpc) is 3.37. The van der Waals surface area contributed by atoms with Gasteiger partial charge in [-0.05, 0) is 51.1 Å². The van der Waals surface area contributed by atoms with Crippen molar-refractivity contribution in [2.45, 2.75) is 26.3 Å². The highest BCUT2D eigenvalue weighted by Crippen LogP contribution is 2.33. The molecule has 2 heterocycles. The van der Waals surface area contributed by atoms with Gasteiger partial charge in [0.2, 0.25) is 0 Å². The van der Waals surface area contributed by atoms with Crippen molar-refractivity contribution in [2.75, 3.05) is 40.4 Å². The Morgan fingerprint density at radius 2 is 1.96 bits per heavy atom. The number of amides is 1. The van der Waals surface area contributed by atoms with Gasteiger partial charge in [-0.2, -0.15) is 5.10 Å². The number of benzene rings is 1. The van der Waals surface area contributed by atoms with Crippen molar-refractivity contribution in [1.29, 1.82) is 0 Å². The molecule has 0 unspecified atom stereocenters. The van der Waals surface area contributed by atoms with Crippen molar-refractivity contribution in [3.8, 4) is 22.8 Å². The lowest BCUT2D eigenvalue weighted by Gasteiger charge is -2.14. The largest absolute Gasteiger partial charge is 0.497 e. The van der Waals surface area contributed by atoms with E-state index in [4.69, 9.17) is 9.47 Å². The first-order chi connectivity index (χ1) is 13.2. The van der Waals surface area contributed by atoms with Crippen LogP contribution in [0.25, 0.3) is 11.3 Å². The molecule has 0 saturated carbocycles. The number of nitrogens with one attached hydrogen (secondary N) is 1. The predicted molar refractivity (Wildman–Crippen MR) is 104 cm³/mol. The number of nitrogens with zero attached hydrogens (tertiary/aromatic N) is 3. The molecule has 3 rings (SSSR count). The summed E-state index contributed by atoms with van der Waals surface area (Å²) >= 11 is 0. The second kappa shape index (κ2) is 8.90. The number of rotatable bonds is 8. The maximum Gasteiger partial charge on any atom is 0.271 e. The van der Waals surface area contributed by atoms with E-state index >= 15 is 0 Å². The van der Waals surface area contributed by atoms with Crippen molar-refractivity contribution < 1.29 is 14.3 Å². The molecule has 2 aromatic rings. The zero-order chi connectivity index (χ0) is 19.2. The number of ether oxygens (including phenoxy) is 2. The molecule has 27 heavy (non-hydrogen) atoms. The smallest absolute Gasteiger partial charge is 0.271 e. The van der Waals surface area contributed by atoms with E-state index in [0.29, 0.717) is 24.5 Å². The topological polar surface area (TPSA) is 68.6 Å². The molecule has 7 nitrogen and oxygen atoms in total. The highest BCUT2D eigenvalue weighted by molar-refractivity contribution is 5.93. The van der Waals surface area contributed by atoms with Crippen LogP contribution in [-0.4, -0.2) is 61.0 Å². The molecule has 0 bridgehead atoms. The van der Waals surface area contributed by atoms with Crippen molar-refractivity contribution in [3.63, 3.8) is 0 Å². The van der Waals surface area contributed by atoms with E-state index in [0.717, 1.165) is 36.6 Å². The Labute approximate surface area is 160 Å². The Kier molecular flexibility index (Phi) is 6.34. The fraction of sp³-hybridized carbons (Fsp3) is 0.500. The van der Waals surface area contributed by atoms with Gasteiger partial charge in [0.25, 0.3) is 5.91 Å². The normalized spacial score (nSPS) is 14.3. The predicted octanol–water partition coefficient (Wildman–Crippen LogP) is 2.41. The van der Waals surface area contributed by atoms with Crippen LogP contribution in [0.3, 0.4) is 0 Å². The van der Waals surface area contributed by atoms with Crippen LogP contribution in [0.1, 0.15) is 30.3 Å². The van der Waals surface area contributed by atoms with Crippen LogP contribution in [-0.2, 0) is 6.54 Å². The molecule has 0 spiro atoms.